The van der Waals surface area contributed by atoms with Crippen LogP contribution < -0.4 is 10.1 Å². The van der Waals surface area contributed by atoms with E-state index in [4.69, 9.17) is 9.47 Å². The molecule has 2 aromatic rings. The highest BCUT2D eigenvalue weighted by atomic mass is 16.5. The molecule has 0 saturated heterocycles. The van der Waals surface area contributed by atoms with E-state index in [0.717, 1.165) is 11.3 Å². The van der Waals surface area contributed by atoms with Crippen LogP contribution in [0.2, 0.25) is 0 Å². The van der Waals surface area contributed by atoms with Gasteiger partial charge in [-0.3, -0.25) is 4.79 Å². The molecule has 7 nitrogen and oxygen atoms in total. The van der Waals surface area contributed by atoms with Crippen LogP contribution in [0.25, 0.3) is 6.08 Å². The third-order valence-corrected chi connectivity index (χ3v) is 3.72. The Hall–Kier alpha value is -3.61. The number of amides is 1. The highest BCUT2D eigenvalue weighted by Gasteiger charge is 2.16. The highest BCUT2D eigenvalue weighted by molar-refractivity contribution is 6.07. The Morgan fingerprint density at radius 2 is 1.64 bits per heavy atom. The summed E-state index contributed by atoms with van der Waals surface area (Å²) in [5.74, 6) is -0.952. The number of hydrogen-bond donors (Lipinski definition) is 1. The van der Waals surface area contributed by atoms with Gasteiger partial charge in [-0.05, 0) is 48.9 Å². The first-order valence-corrected chi connectivity index (χ1v) is 8.51. The smallest absolute Gasteiger partial charge is 0.339 e. The molecule has 0 aliphatic carbocycles. The van der Waals surface area contributed by atoms with Crippen LogP contribution in [0.1, 0.15) is 33.2 Å². The summed E-state index contributed by atoms with van der Waals surface area (Å²) in [5, 5.41) is 2.59. The maximum Gasteiger partial charge on any atom is 0.339 e. The topological polar surface area (TPSA) is 90.9 Å². The normalized spacial score (nSPS) is 10.4. The monoisotopic (exact) mass is 383 g/mol. The van der Waals surface area contributed by atoms with Crippen LogP contribution in [0.5, 0.6) is 5.75 Å². The second-order valence-corrected chi connectivity index (χ2v) is 5.57. The number of methoxy groups -OCH3 is 2. The van der Waals surface area contributed by atoms with Gasteiger partial charge >= 0.3 is 11.9 Å². The van der Waals surface area contributed by atoms with Crippen LogP contribution >= 0.6 is 0 Å². The van der Waals surface area contributed by atoms with Crippen molar-refractivity contribution >= 4 is 29.6 Å². The number of carbonyl (C=O) groups is 3. The van der Waals surface area contributed by atoms with Crippen molar-refractivity contribution in [3.05, 3.63) is 65.2 Å². The van der Waals surface area contributed by atoms with Gasteiger partial charge in [0.15, 0.2) is 0 Å². The molecule has 0 aliphatic heterocycles. The minimum atomic E-state index is -0.637. The molecule has 0 saturated carbocycles. The molecular formula is C21H21NO6. The molecule has 0 heterocycles. The summed E-state index contributed by atoms with van der Waals surface area (Å²) in [6.45, 7) is 2.47. The van der Waals surface area contributed by atoms with E-state index < -0.39 is 17.8 Å². The van der Waals surface area contributed by atoms with Crippen LogP contribution in [0.4, 0.5) is 5.69 Å². The quantitative estimate of drug-likeness (QED) is 0.583. The predicted octanol–water partition coefficient (Wildman–Crippen LogP) is 3.31. The Morgan fingerprint density at radius 3 is 2.25 bits per heavy atom. The molecule has 2 rings (SSSR count). The highest BCUT2D eigenvalue weighted by Crippen LogP contribution is 2.20. The van der Waals surface area contributed by atoms with Crippen molar-refractivity contribution in [1.82, 2.24) is 0 Å². The van der Waals surface area contributed by atoms with Gasteiger partial charge in [-0.25, -0.2) is 9.59 Å². The summed E-state index contributed by atoms with van der Waals surface area (Å²) in [6.07, 6.45) is 2.94. The molecule has 0 spiro atoms. The van der Waals surface area contributed by atoms with Crippen molar-refractivity contribution in [2.45, 2.75) is 6.92 Å². The minimum Gasteiger partial charge on any atom is -0.494 e. The van der Waals surface area contributed by atoms with Crippen molar-refractivity contribution in [3.8, 4) is 5.75 Å². The molecule has 28 heavy (non-hydrogen) atoms. The molecule has 1 N–H and O–H groups in total. The number of rotatable bonds is 7. The largest absolute Gasteiger partial charge is 0.494 e. The van der Waals surface area contributed by atoms with Crippen LogP contribution in [0.3, 0.4) is 0 Å². The summed E-state index contributed by atoms with van der Waals surface area (Å²) in [4.78, 5) is 35.9. The third kappa shape index (κ3) is 5.44. The summed E-state index contributed by atoms with van der Waals surface area (Å²) in [5.41, 5.74) is 1.27. The van der Waals surface area contributed by atoms with E-state index >= 15 is 0 Å². The first-order valence-electron chi connectivity index (χ1n) is 8.51. The maximum absolute atomic E-state index is 12.3. The lowest BCUT2D eigenvalue weighted by atomic mass is 10.1. The number of nitrogens with one attached hydrogen (secondary N) is 1. The van der Waals surface area contributed by atoms with Crippen molar-refractivity contribution < 1.29 is 28.6 Å². The van der Waals surface area contributed by atoms with E-state index in [1.165, 1.54) is 38.5 Å². The Labute approximate surface area is 162 Å². The zero-order valence-electron chi connectivity index (χ0n) is 15.9. The second kappa shape index (κ2) is 9.91. The molecule has 2 aromatic carbocycles. The van der Waals surface area contributed by atoms with E-state index in [-0.39, 0.29) is 16.8 Å². The summed E-state index contributed by atoms with van der Waals surface area (Å²) < 4.78 is 14.7. The zero-order chi connectivity index (χ0) is 20.5. The fourth-order valence-electron chi connectivity index (χ4n) is 2.37. The second-order valence-electron chi connectivity index (χ2n) is 5.57. The van der Waals surface area contributed by atoms with Crippen molar-refractivity contribution in [2.75, 3.05) is 26.1 Å². The van der Waals surface area contributed by atoms with Crippen molar-refractivity contribution in [2.24, 2.45) is 0 Å². The van der Waals surface area contributed by atoms with Gasteiger partial charge in [-0.1, -0.05) is 12.1 Å². The number of ether oxygens (including phenoxy) is 3. The number of hydrogen-bond acceptors (Lipinski definition) is 6. The molecule has 0 unspecified atom stereocenters. The average Bonchev–Trinajstić information content (AvgIpc) is 2.72. The molecule has 0 aliphatic rings. The fourth-order valence-corrected chi connectivity index (χ4v) is 2.37. The van der Waals surface area contributed by atoms with Gasteiger partial charge in [0.1, 0.15) is 5.75 Å². The number of esters is 2. The molecule has 7 heteroatoms. The summed E-state index contributed by atoms with van der Waals surface area (Å²) in [6, 6.07) is 11.4. The Balaban J connectivity index is 2.18. The standard InChI is InChI=1S/C21H21NO6/c1-4-28-16-9-5-14(6-10-16)7-12-19(23)22-18-13-15(20(24)26-2)8-11-17(18)21(25)27-3/h5-13H,4H2,1-3H3,(H,22,23). The van der Waals surface area contributed by atoms with Crippen LogP contribution in [0.15, 0.2) is 48.5 Å². The van der Waals surface area contributed by atoms with E-state index in [1.54, 1.807) is 18.2 Å². The van der Waals surface area contributed by atoms with Gasteiger partial charge in [0.2, 0.25) is 5.91 Å². The lowest BCUT2D eigenvalue weighted by Crippen LogP contribution is -2.14. The lowest BCUT2D eigenvalue weighted by Gasteiger charge is -2.10. The zero-order valence-corrected chi connectivity index (χ0v) is 15.9. The molecule has 0 atom stereocenters. The third-order valence-electron chi connectivity index (χ3n) is 3.72. The first kappa shape index (κ1) is 20.7. The Kier molecular flexibility index (Phi) is 7.33. The number of anilines is 1. The maximum atomic E-state index is 12.3. The summed E-state index contributed by atoms with van der Waals surface area (Å²) in [7, 11) is 2.47. The first-order chi connectivity index (χ1) is 13.5. The van der Waals surface area contributed by atoms with Crippen LogP contribution in [-0.4, -0.2) is 38.7 Å². The van der Waals surface area contributed by atoms with Crippen LogP contribution in [-0.2, 0) is 14.3 Å². The van der Waals surface area contributed by atoms with E-state index in [2.05, 4.69) is 10.1 Å². The van der Waals surface area contributed by atoms with Gasteiger partial charge in [0.25, 0.3) is 0 Å². The fraction of sp³-hybridized carbons (Fsp3) is 0.190. The molecule has 146 valence electrons. The van der Waals surface area contributed by atoms with Gasteiger partial charge < -0.3 is 19.5 Å². The van der Waals surface area contributed by atoms with Crippen LogP contribution in [0, 0.1) is 0 Å². The SMILES string of the molecule is CCOc1ccc(C=CC(=O)Nc2cc(C(=O)OC)ccc2C(=O)OC)cc1. The lowest BCUT2D eigenvalue weighted by molar-refractivity contribution is -0.111. The molecule has 0 radical (unpaired) electrons. The predicted molar refractivity (Wildman–Crippen MR) is 104 cm³/mol. The van der Waals surface area contributed by atoms with Gasteiger partial charge in [-0.15, -0.1) is 0 Å². The molecule has 0 bridgehead atoms. The molecule has 0 fully saturated rings. The minimum absolute atomic E-state index is 0.123. The molecular weight excluding hydrogens is 362 g/mol. The van der Waals surface area contributed by atoms with E-state index in [0.29, 0.717) is 6.61 Å². The van der Waals surface area contributed by atoms with E-state index in [9.17, 15) is 14.4 Å². The van der Waals surface area contributed by atoms with Crippen molar-refractivity contribution in [1.29, 1.82) is 0 Å². The summed E-state index contributed by atoms with van der Waals surface area (Å²) >= 11 is 0. The van der Waals surface area contributed by atoms with Gasteiger partial charge in [-0.2, -0.15) is 0 Å². The number of benzene rings is 2. The van der Waals surface area contributed by atoms with Crippen molar-refractivity contribution in [3.63, 3.8) is 0 Å². The Morgan fingerprint density at radius 1 is 0.964 bits per heavy atom. The molecule has 1 amide bonds. The Bertz CT molecular complexity index is 886. The van der Waals surface area contributed by atoms with Gasteiger partial charge in [0, 0.05) is 6.08 Å². The van der Waals surface area contributed by atoms with Gasteiger partial charge in [0.05, 0.1) is 37.6 Å². The van der Waals surface area contributed by atoms with E-state index in [1.807, 2.05) is 19.1 Å². The molecule has 0 aromatic heterocycles. The average molecular weight is 383 g/mol. The number of carbonyl (C=O) groups excluding carboxylic acids is 3.